The molecule has 0 radical (unpaired) electrons. The first-order valence-electron chi connectivity index (χ1n) is 10.2. The van der Waals surface area contributed by atoms with Crippen LogP contribution in [0.5, 0.6) is 0 Å². The Morgan fingerprint density at radius 1 is 0.926 bits per heavy atom. The predicted octanol–water partition coefficient (Wildman–Crippen LogP) is 4.77. The van der Waals surface area contributed by atoms with Crippen LogP contribution < -0.4 is 10.6 Å². The van der Waals surface area contributed by atoms with Gasteiger partial charge in [0.25, 0.3) is 0 Å². The smallest absolute Gasteiger partial charge is 0.0426 e. The third-order valence-corrected chi connectivity index (χ3v) is 6.20. The van der Waals surface area contributed by atoms with Gasteiger partial charge >= 0.3 is 0 Å². The molecule has 0 spiro atoms. The van der Waals surface area contributed by atoms with E-state index in [4.69, 9.17) is 0 Å². The van der Waals surface area contributed by atoms with E-state index in [0.717, 1.165) is 32.7 Å². The molecule has 0 aliphatic carbocycles. The molecule has 2 N–H and O–H groups in total. The van der Waals surface area contributed by atoms with Crippen LogP contribution in [0.4, 0.5) is 11.4 Å². The number of rotatable bonds is 2. The SMILES string of the molecule is CC(C)(C)c1ccc2c(c1)C(C)(C)c1cc(CN3CCNCC3)ccc1N2. The number of nitrogens with one attached hydrogen (secondary N) is 2. The molecule has 27 heavy (non-hydrogen) atoms. The summed E-state index contributed by atoms with van der Waals surface area (Å²) in [4.78, 5) is 2.55. The Bertz CT molecular complexity index is 839. The summed E-state index contributed by atoms with van der Waals surface area (Å²) < 4.78 is 0. The molecule has 144 valence electrons. The minimum Gasteiger partial charge on any atom is -0.355 e. The van der Waals surface area contributed by atoms with Crippen molar-refractivity contribution in [2.45, 2.75) is 52.0 Å². The third-order valence-electron chi connectivity index (χ3n) is 6.20. The Morgan fingerprint density at radius 2 is 1.56 bits per heavy atom. The second-order valence-electron chi connectivity index (χ2n) is 9.67. The Hall–Kier alpha value is -1.84. The van der Waals surface area contributed by atoms with Crippen LogP contribution in [0.1, 0.15) is 56.9 Å². The maximum atomic E-state index is 3.68. The maximum Gasteiger partial charge on any atom is 0.0426 e. The minimum atomic E-state index is -0.00333. The molecule has 2 aliphatic rings. The summed E-state index contributed by atoms with van der Waals surface area (Å²) in [5.41, 5.74) is 8.29. The number of fused-ring (bicyclic) bond motifs is 2. The second kappa shape index (κ2) is 6.65. The monoisotopic (exact) mass is 363 g/mol. The standard InChI is InChI=1S/C24H33N3/c1-23(2,3)18-7-9-22-20(15-18)24(4,5)19-14-17(6-8-21(19)26-22)16-27-12-10-25-11-13-27/h6-9,14-15,25-26H,10-13,16H2,1-5H3. The predicted molar refractivity (Wildman–Crippen MR) is 115 cm³/mol. The van der Waals surface area contributed by atoms with Gasteiger partial charge in [0.05, 0.1) is 0 Å². The van der Waals surface area contributed by atoms with Gasteiger partial charge in [-0.05, 0) is 39.8 Å². The average molecular weight is 364 g/mol. The maximum absolute atomic E-state index is 3.68. The Labute approximate surface area is 164 Å². The highest BCUT2D eigenvalue weighted by Crippen LogP contribution is 2.46. The van der Waals surface area contributed by atoms with Crippen molar-refractivity contribution in [3.05, 3.63) is 58.7 Å². The van der Waals surface area contributed by atoms with Crippen LogP contribution in [0.2, 0.25) is 0 Å². The van der Waals surface area contributed by atoms with Gasteiger partial charge in [-0.25, -0.2) is 0 Å². The van der Waals surface area contributed by atoms with E-state index in [1.807, 2.05) is 0 Å². The first-order valence-corrected chi connectivity index (χ1v) is 10.2. The van der Waals surface area contributed by atoms with Crippen molar-refractivity contribution in [2.24, 2.45) is 0 Å². The molecule has 2 heterocycles. The number of benzene rings is 2. The topological polar surface area (TPSA) is 27.3 Å². The molecular formula is C24H33N3. The van der Waals surface area contributed by atoms with E-state index < -0.39 is 0 Å². The number of hydrogen-bond acceptors (Lipinski definition) is 3. The van der Waals surface area contributed by atoms with Gasteiger partial charge in [0, 0.05) is 49.5 Å². The molecule has 0 unspecified atom stereocenters. The van der Waals surface area contributed by atoms with E-state index in [1.165, 1.54) is 33.6 Å². The summed E-state index contributed by atoms with van der Waals surface area (Å²) in [6, 6.07) is 13.9. The van der Waals surface area contributed by atoms with Gasteiger partial charge < -0.3 is 10.6 Å². The molecule has 1 saturated heterocycles. The first kappa shape index (κ1) is 18.5. The van der Waals surface area contributed by atoms with E-state index in [2.05, 4.69) is 86.6 Å². The molecule has 3 heteroatoms. The van der Waals surface area contributed by atoms with E-state index >= 15 is 0 Å². The second-order valence-corrected chi connectivity index (χ2v) is 9.67. The molecule has 2 aromatic rings. The highest BCUT2D eigenvalue weighted by atomic mass is 15.2. The van der Waals surface area contributed by atoms with Crippen LogP contribution in [0.3, 0.4) is 0 Å². The molecule has 0 saturated carbocycles. The zero-order valence-corrected chi connectivity index (χ0v) is 17.4. The average Bonchev–Trinajstić information content (AvgIpc) is 2.62. The zero-order chi connectivity index (χ0) is 19.2. The fourth-order valence-corrected chi connectivity index (χ4v) is 4.37. The molecule has 0 amide bonds. The van der Waals surface area contributed by atoms with Crippen molar-refractivity contribution in [2.75, 3.05) is 31.5 Å². The molecule has 4 rings (SSSR count). The van der Waals surface area contributed by atoms with Crippen molar-refractivity contribution in [3.63, 3.8) is 0 Å². The van der Waals surface area contributed by atoms with Gasteiger partial charge in [0.15, 0.2) is 0 Å². The lowest BCUT2D eigenvalue weighted by atomic mass is 9.72. The lowest BCUT2D eigenvalue weighted by molar-refractivity contribution is 0.233. The van der Waals surface area contributed by atoms with Crippen LogP contribution in [0.15, 0.2) is 36.4 Å². The lowest BCUT2D eigenvalue weighted by Gasteiger charge is -2.37. The largest absolute Gasteiger partial charge is 0.355 e. The van der Waals surface area contributed by atoms with Crippen LogP contribution in [-0.4, -0.2) is 31.1 Å². The van der Waals surface area contributed by atoms with Crippen LogP contribution in [0, 0.1) is 0 Å². The van der Waals surface area contributed by atoms with Crippen LogP contribution in [-0.2, 0) is 17.4 Å². The summed E-state index contributed by atoms with van der Waals surface area (Å²) in [6.07, 6.45) is 0. The fourth-order valence-electron chi connectivity index (χ4n) is 4.37. The normalized spacial score (nSPS) is 19.1. The Kier molecular flexibility index (Phi) is 4.56. The summed E-state index contributed by atoms with van der Waals surface area (Å²) in [5.74, 6) is 0. The van der Waals surface area contributed by atoms with E-state index in [-0.39, 0.29) is 10.8 Å². The highest BCUT2D eigenvalue weighted by Gasteiger charge is 2.33. The molecular weight excluding hydrogens is 330 g/mol. The molecule has 3 nitrogen and oxygen atoms in total. The molecule has 2 aromatic carbocycles. The summed E-state index contributed by atoms with van der Waals surface area (Å²) >= 11 is 0. The lowest BCUT2D eigenvalue weighted by Crippen LogP contribution is -2.42. The number of anilines is 2. The highest BCUT2D eigenvalue weighted by molar-refractivity contribution is 5.76. The van der Waals surface area contributed by atoms with Crippen molar-refractivity contribution in [1.29, 1.82) is 0 Å². The van der Waals surface area contributed by atoms with Gasteiger partial charge in [-0.2, -0.15) is 0 Å². The zero-order valence-electron chi connectivity index (χ0n) is 17.4. The number of hydrogen-bond donors (Lipinski definition) is 2. The van der Waals surface area contributed by atoms with Gasteiger partial charge in [0.1, 0.15) is 0 Å². The quantitative estimate of drug-likeness (QED) is 0.805. The van der Waals surface area contributed by atoms with Crippen LogP contribution in [0.25, 0.3) is 0 Å². The van der Waals surface area contributed by atoms with Crippen molar-refractivity contribution < 1.29 is 0 Å². The van der Waals surface area contributed by atoms with E-state index in [1.54, 1.807) is 0 Å². The summed E-state index contributed by atoms with van der Waals surface area (Å²) in [7, 11) is 0. The van der Waals surface area contributed by atoms with Crippen LogP contribution >= 0.6 is 0 Å². The van der Waals surface area contributed by atoms with E-state index in [0.29, 0.717) is 0 Å². The molecule has 2 aliphatic heterocycles. The first-order chi connectivity index (χ1) is 12.7. The van der Waals surface area contributed by atoms with Gasteiger partial charge in [-0.1, -0.05) is 58.9 Å². The minimum absolute atomic E-state index is 0.00333. The van der Waals surface area contributed by atoms with Gasteiger partial charge in [-0.3, -0.25) is 4.90 Å². The fraction of sp³-hybridized carbons (Fsp3) is 0.500. The van der Waals surface area contributed by atoms with Crippen molar-refractivity contribution in [1.82, 2.24) is 10.2 Å². The molecule has 0 aromatic heterocycles. The summed E-state index contributed by atoms with van der Waals surface area (Å²) in [6.45, 7) is 17.1. The van der Waals surface area contributed by atoms with Gasteiger partial charge in [0.2, 0.25) is 0 Å². The molecule has 1 fully saturated rings. The summed E-state index contributed by atoms with van der Waals surface area (Å²) in [5, 5.41) is 7.12. The van der Waals surface area contributed by atoms with E-state index in [9.17, 15) is 0 Å². The molecule has 0 atom stereocenters. The van der Waals surface area contributed by atoms with Gasteiger partial charge in [-0.15, -0.1) is 0 Å². The number of piperazine rings is 1. The van der Waals surface area contributed by atoms with Crippen molar-refractivity contribution >= 4 is 11.4 Å². The number of nitrogens with zero attached hydrogens (tertiary/aromatic N) is 1. The molecule has 0 bridgehead atoms. The Balaban J connectivity index is 1.69. The van der Waals surface area contributed by atoms with Crippen molar-refractivity contribution in [3.8, 4) is 0 Å². The Morgan fingerprint density at radius 3 is 2.22 bits per heavy atom. The third kappa shape index (κ3) is 3.51.